The first-order valence-corrected chi connectivity index (χ1v) is 5.90. The molecule has 0 radical (unpaired) electrons. The van der Waals surface area contributed by atoms with Crippen molar-refractivity contribution in [2.45, 2.75) is 6.54 Å². The van der Waals surface area contributed by atoms with Gasteiger partial charge in [0, 0.05) is 18.7 Å². The number of hydrogen-bond acceptors (Lipinski definition) is 4. The minimum absolute atomic E-state index is 0.0886. The summed E-state index contributed by atoms with van der Waals surface area (Å²) in [7, 11) is 0. The van der Waals surface area contributed by atoms with E-state index in [9.17, 15) is 18.9 Å². The fourth-order valence-corrected chi connectivity index (χ4v) is 2.07. The molecule has 18 heavy (non-hydrogen) atoms. The van der Waals surface area contributed by atoms with Crippen molar-refractivity contribution in [2.75, 3.05) is 5.32 Å². The van der Waals surface area contributed by atoms with E-state index < -0.39 is 22.2 Å². The predicted octanol–water partition coefficient (Wildman–Crippen LogP) is 3.55. The number of anilines is 1. The van der Waals surface area contributed by atoms with Gasteiger partial charge in [0.05, 0.1) is 10.6 Å². The molecule has 1 heterocycles. The van der Waals surface area contributed by atoms with Crippen molar-refractivity contribution in [1.82, 2.24) is 0 Å². The maximum Gasteiger partial charge on any atom is 0.307 e. The second-order valence-corrected chi connectivity index (χ2v) is 4.31. The molecular formula is C11H8F2N2O2S. The van der Waals surface area contributed by atoms with Gasteiger partial charge in [0.2, 0.25) is 5.82 Å². The van der Waals surface area contributed by atoms with Crippen LogP contribution in [0, 0.1) is 21.7 Å². The molecule has 0 unspecified atom stereocenters. The fourth-order valence-electron chi connectivity index (χ4n) is 1.40. The van der Waals surface area contributed by atoms with Crippen LogP contribution in [0.1, 0.15) is 5.56 Å². The molecule has 1 aromatic carbocycles. The molecular weight excluding hydrogens is 262 g/mol. The van der Waals surface area contributed by atoms with Crippen LogP contribution >= 0.6 is 11.3 Å². The molecule has 4 nitrogen and oxygen atoms in total. The van der Waals surface area contributed by atoms with Crippen molar-refractivity contribution >= 4 is 22.7 Å². The highest BCUT2D eigenvalue weighted by Crippen LogP contribution is 2.25. The highest BCUT2D eigenvalue weighted by atomic mass is 32.1. The van der Waals surface area contributed by atoms with E-state index in [2.05, 4.69) is 5.32 Å². The number of nitrogens with one attached hydrogen (secondary N) is 1. The number of nitrogens with zero attached hydrogens (tertiary/aromatic N) is 1. The molecule has 0 saturated heterocycles. The molecule has 0 bridgehead atoms. The normalized spacial score (nSPS) is 10.3. The van der Waals surface area contributed by atoms with Crippen molar-refractivity contribution in [3.05, 3.63) is 56.3 Å². The Bertz CT molecular complexity index is 573. The van der Waals surface area contributed by atoms with Gasteiger partial charge in [-0.2, -0.15) is 15.7 Å². The van der Waals surface area contributed by atoms with E-state index >= 15 is 0 Å². The molecule has 0 aliphatic carbocycles. The van der Waals surface area contributed by atoms with E-state index in [1.165, 1.54) is 11.3 Å². The van der Waals surface area contributed by atoms with Crippen LogP contribution in [-0.4, -0.2) is 4.92 Å². The summed E-state index contributed by atoms with van der Waals surface area (Å²) in [5.74, 6) is -2.04. The topological polar surface area (TPSA) is 55.2 Å². The molecule has 0 fully saturated rings. The Hall–Kier alpha value is -2.02. The summed E-state index contributed by atoms with van der Waals surface area (Å²) >= 11 is 1.49. The van der Waals surface area contributed by atoms with Crippen molar-refractivity contribution in [1.29, 1.82) is 0 Å². The standard InChI is InChI=1S/C11H8F2N2O2S/c12-8-3-9(13)11(15(16)17)4-10(8)14-5-7-1-2-18-6-7/h1-4,6,14H,5H2. The Morgan fingerprint density at radius 2 is 2.11 bits per heavy atom. The number of hydrogen-bond donors (Lipinski definition) is 1. The molecule has 2 aromatic rings. The Morgan fingerprint density at radius 1 is 1.33 bits per heavy atom. The van der Waals surface area contributed by atoms with E-state index in [0.29, 0.717) is 12.6 Å². The molecule has 0 saturated carbocycles. The van der Waals surface area contributed by atoms with E-state index in [0.717, 1.165) is 11.6 Å². The van der Waals surface area contributed by atoms with Gasteiger partial charge in [-0.3, -0.25) is 10.1 Å². The van der Waals surface area contributed by atoms with Gasteiger partial charge in [-0.1, -0.05) is 0 Å². The van der Waals surface area contributed by atoms with Gasteiger partial charge in [0.25, 0.3) is 0 Å². The summed E-state index contributed by atoms with van der Waals surface area (Å²) in [5.41, 5.74) is 0.0879. The van der Waals surface area contributed by atoms with Gasteiger partial charge in [-0.05, 0) is 22.4 Å². The first kappa shape index (κ1) is 12.4. The van der Waals surface area contributed by atoms with Crippen molar-refractivity contribution in [3.8, 4) is 0 Å². The SMILES string of the molecule is O=[N+]([O-])c1cc(NCc2ccsc2)c(F)cc1F. The van der Waals surface area contributed by atoms with Crippen LogP contribution in [0.25, 0.3) is 0 Å². The smallest absolute Gasteiger partial charge is 0.307 e. The maximum atomic E-state index is 13.4. The van der Waals surface area contributed by atoms with E-state index in [4.69, 9.17) is 0 Å². The third-order valence-corrected chi connectivity index (χ3v) is 3.03. The maximum absolute atomic E-state index is 13.4. The number of thiophene rings is 1. The molecule has 0 atom stereocenters. The molecule has 1 N–H and O–H groups in total. The summed E-state index contributed by atoms with van der Waals surface area (Å²) in [5, 5.41) is 17.0. The Kier molecular flexibility index (Phi) is 3.52. The monoisotopic (exact) mass is 270 g/mol. The summed E-state index contributed by atoms with van der Waals surface area (Å²) in [6.07, 6.45) is 0. The van der Waals surface area contributed by atoms with Crippen LogP contribution in [0.5, 0.6) is 0 Å². The van der Waals surface area contributed by atoms with Crippen LogP contribution in [0.2, 0.25) is 0 Å². The van der Waals surface area contributed by atoms with Crippen LogP contribution in [0.4, 0.5) is 20.2 Å². The van der Waals surface area contributed by atoms with Crippen LogP contribution < -0.4 is 5.32 Å². The quantitative estimate of drug-likeness (QED) is 0.682. The van der Waals surface area contributed by atoms with Gasteiger partial charge in [-0.15, -0.1) is 0 Å². The van der Waals surface area contributed by atoms with Crippen LogP contribution in [-0.2, 0) is 6.54 Å². The molecule has 0 amide bonds. The lowest BCUT2D eigenvalue weighted by Crippen LogP contribution is -2.03. The number of nitro benzene ring substituents is 1. The van der Waals surface area contributed by atoms with E-state index in [1.54, 1.807) is 0 Å². The number of halogens is 2. The lowest BCUT2D eigenvalue weighted by molar-refractivity contribution is -0.387. The Morgan fingerprint density at radius 3 is 2.72 bits per heavy atom. The first-order valence-electron chi connectivity index (χ1n) is 4.96. The predicted molar refractivity (Wildman–Crippen MR) is 64.7 cm³/mol. The van der Waals surface area contributed by atoms with Crippen molar-refractivity contribution < 1.29 is 13.7 Å². The number of rotatable bonds is 4. The number of nitro groups is 1. The zero-order valence-corrected chi connectivity index (χ0v) is 9.84. The third-order valence-electron chi connectivity index (χ3n) is 2.30. The fraction of sp³-hybridized carbons (Fsp3) is 0.0909. The zero-order chi connectivity index (χ0) is 13.1. The molecule has 0 aliphatic heterocycles. The summed E-state index contributed by atoms with van der Waals surface area (Å²) in [6.45, 7) is 0.323. The Balaban J connectivity index is 2.22. The summed E-state index contributed by atoms with van der Waals surface area (Å²) < 4.78 is 26.5. The van der Waals surface area contributed by atoms with E-state index in [1.807, 2.05) is 16.8 Å². The second kappa shape index (κ2) is 5.09. The average Bonchev–Trinajstić information content (AvgIpc) is 2.80. The molecule has 94 valence electrons. The van der Waals surface area contributed by atoms with Gasteiger partial charge in [0.1, 0.15) is 5.82 Å². The first-order chi connectivity index (χ1) is 8.58. The zero-order valence-electron chi connectivity index (χ0n) is 9.02. The van der Waals surface area contributed by atoms with Crippen molar-refractivity contribution in [2.24, 2.45) is 0 Å². The Labute approximate surface area is 105 Å². The highest BCUT2D eigenvalue weighted by molar-refractivity contribution is 7.07. The minimum atomic E-state index is -1.18. The largest absolute Gasteiger partial charge is 0.378 e. The van der Waals surface area contributed by atoms with Crippen LogP contribution in [0.3, 0.4) is 0 Å². The van der Waals surface area contributed by atoms with E-state index in [-0.39, 0.29) is 5.69 Å². The molecule has 2 rings (SSSR count). The molecule has 0 aliphatic rings. The number of benzene rings is 1. The molecule has 7 heteroatoms. The van der Waals surface area contributed by atoms with Crippen molar-refractivity contribution in [3.63, 3.8) is 0 Å². The second-order valence-electron chi connectivity index (χ2n) is 3.53. The summed E-state index contributed by atoms with van der Waals surface area (Å²) in [6, 6.07) is 3.21. The van der Waals surface area contributed by atoms with Gasteiger partial charge in [0.15, 0.2) is 0 Å². The highest BCUT2D eigenvalue weighted by Gasteiger charge is 2.18. The van der Waals surface area contributed by atoms with Gasteiger partial charge < -0.3 is 5.32 Å². The van der Waals surface area contributed by atoms with Crippen LogP contribution in [0.15, 0.2) is 29.0 Å². The lowest BCUT2D eigenvalue weighted by Gasteiger charge is -2.06. The minimum Gasteiger partial charge on any atom is -0.378 e. The average molecular weight is 270 g/mol. The van der Waals surface area contributed by atoms with Gasteiger partial charge >= 0.3 is 5.69 Å². The molecule has 1 aromatic heterocycles. The summed E-state index contributed by atoms with van der Waals surface area (Å²) in [4.78, 5) is 9.65. The third kappa shape index (κ3) is 2.62. The lowest BCUT2D eigenvalue weighted by atomic mass is 10.2. The van der Waals surface area contributed by atoms with Gasteiger partial charge in [-0.25, -0.2) is 4.39 Å². The molecule has 0 spiro atoms.